The summed E-state index contributed by atoms with van der Waals surface area (Å²) < 4.78 is 4.99. The number of benzene rings is 1. The molecule has 0 radical (unpaired) electrons. The standard InChI is InChI=1S/C17H20N4O3S/c1-10-4-11(2)6-13(5-10)21-8-12(7-15(21)22)16(23)18-17-20-19-14(25-17)9-24-3/h4-6,12H,7-9H2,1-3H3,(H,18,20,23). The van der Waals surface area contributed by atoms with Crippen LogP contribution in [0.4, 0.5) is 10.8 Å². The summed E-state index contributed by atoms with van der Waals surface area (Å²) >= 11 is 1.27. The third-order valence-electron chi connectivity index (χ3n) is 3.98. The Morgan fingerprint density at radius 2 is 2.04 bits per heavy atom. The molecule has 1 aromatic carbocycles. The van der Waals surface area contributed by atoms with E-state index in [0.29, 0.717) is 23.3 Å². The highest BCUT2D eigenvalue weighted by Crippen LogP contribution is 2.28. The molecule has 2 heterocycles. The number of anilines is 2. The van der Waals surface area contributed by atoms with Gasteiger partial charge in [0.1, 0.15) is 11.6 Å². The minimum absolute atomic E-state index is 0.0394. The second-order valence-corrected chi connectivity index (χ2v) is 7.24. The molecule has 1 aliphatic rings. The molecule has 25 heavy (non-hydrogen) atoms. The number of carbonyl (C=O) groups is 2. The minimum atomic E-state index is -0.400. The number of hydrogen-bond acceptors (Lipinski definition) is 6. The van der Waals surface area contributed by atoms with Crippen LogP contribution < -0.4 is 10.2 Å². The predicted octanol–water partition coefficient (Wildman–Crippen LogP) is 2.29. The van der Waals surface area contributed by atoms with Crippen molar-refractivity contribution in [1.29, 1.82) is 0 Å². The van der Waals surface area contributed by atoms with Crippen molar-refractivity contribution >= 4 is 34.0 Å². The number of hydrogen-bond donors (Lipinski definition) is 1. The minimum Gasteiger partial charge on any atom is -0.377 e. The number of rotatable bonds is 5. The lowest BCUT2D eigenvalue weighted by Crippen LogP contribution is -2.28. The van der Waals surface area contributed by atoms with E-state index in [9.17, 15) is 9.59 Å². The maximum absolute atomic E-state index is 12.5. The van der Waals surface area contributed by atoms with E-state index in [1.807, 2.05) is 26.0 Å². The molecule has 1 unspecified atom stereocenters. The molecule has 1 aromatic heterocycles. The van der Waals surface area contributed by atoms with E-state index >= 15 is 0 Å². The fourth-order valence-corrected chi connectivity index (χ4v) is 3.65. The van der Waals surface area contributed by atoms with Crippen molar-refractivity contribution in [3.63, 3.8) is 0 Å². The van der Waals surface area contributed by atoms with Gasteiger partial charge in [0.25, 0.3) is 0 Å². The number of methoxy groups -OCH3 is 1. The van der Waals surface area contributed by atoms with E-state index in [-0.39, 0.29) is 18.2 Å². The molecule has 0 spiro atoms. The first-order valence-corrected chi connectivity index (χ1v) is 8.78. The van der Waals surface area contributed by atoms with Crippen LogP contribution in [0.2, 0.25) is 0 Å². The van der Waals surface area contributed by atoms with E-state index in [4.69, 9.17) is 4.74 Å². The number of ether oxygens (including phenoxy) is 1. The number of nitrogens with one attached hydrogen (secondary N) is 1. The second kappa shape index (κ2) is 7.28. The molecule has 3 rings (SSSR count). The number of nitrogens with zero attached hydrogens (tertiary/aromatic N) is 3. The molecule has 1 atom stereocenters. The van der Waals surface area contributed by atoms with Gasteiger partial charge in [-0.25, -0.2) is 0 Å². The van der Waals surface area contributed by atoms with E-state index in [0.717, 1.165) is 16.8 Å². The van der Waals surface area contributed by atoms with Crippen molar-refractivity contribution in [1.82, 2.24) is 10.2 Å². The molecule has 0 bridgehead atoms. The molecule has 2 amide bonds. The van der Waals surface area contributed by atoms with Crippen LogP contribution in [0, 0.1) is 19.8 Å². The van der Waals surface area contributed by atoms with Gasteiger partial charge in [-0.15, -0.1) is 10.2 Å². The predicted molar refractivity (Wildman–Crippen MR) is 95.6 cm³/mol. The molecule has 0 saturated carbocycles. The van der Waals surface area contributed by atoms with Crippen LogP contribution in [-0.4, -0.2) is 35.7 Å². The first kappa shape index (κ1) is 17.5. The van der Waals surface area contributed by atoms with Crippen molar-refractivity contribution < 1.29 is 14.3 Å². The average molecular weight is 360 g/mol. The Labute approximate surface area is 150 Å². The number of aromatic nitrogens is 2. The summed E-state index contributed by atoms with van der Waals surface area (Å²) in [6.07, 6.45) is 0.197. The van der Waals surface area contributed by atoms with Crippen molar-refractivity contribution in [2.24, 2.45) is 5.92 Å². The Bertz CT molecular complexity index is 785. The Morgan fingerprint density at radius 3 is 2.72 bits per heavy atom. The van der Waals surface area contributed by atoms with Gasteiger partial charge in [0.05, 0.1) is 5.92 Å². The van der Waals surface area contributed by atoms with Gasteiger partial charge in [0.2, 0.25) is 16.9 Å². The summed E-state index contributed by atoms with van der Waals surface area (Å²) in [5.41, 5.74) is 3.03. The van der Waals surface area contributed by atoms with Crippen molar-refractivity contribution in [2.45, 2.75) is 26.9 Å². The van der Waals surface area contributed by atoms with Gasteiger partial charge >= 0.3 is 0 Å². The Kier molecular flexibility index (Phi) is 5.10. The Morgan fingerprint density at radius 1 is 1.32 bits per heavy atom. The van der Waals surface area contributed by atoms with E-state index < -0.39 is 5.92 Å². The van der Waals surface area contributed by atoms with Gasteiger partial charge in [0.15, 0.2) is 0 Å². The molecule has 132 valence electrons. The number of aryl methyl sites for hydroxylation is 2. The SMILES string of the molecule is COCc1nnc(NC(=O)C2CC(=O)N(c3cc(C)cc(C)c3)C2)s1. The summed E-state index contributed by atoms with van der Waals surface area (Å²) in [6.45, 7) is 4.72. The quantitative estimate of drug-likeness (QED) is 0.884. The summed E-state index contributed by atoms with van der Waals surface area (Å²) in [7, 11) is 1.57. The maximum atomic E-state index is 12.5. The average Bonchev–Trinajstić information content (AvgIpc) is 3.13. The normalized spacial score (nSPS) is 17.2. The fraction of sp³-hybridized carbons (Fsp3) is 0.412. The monoisotopic (exact) mass is 360 g/mol. The molecular formula is C17H20N4O3S. The maximum Gasteiger partial charge on any atom is 0.231 e. The van der Waals surface area contributed by atoms with Gasteiger partial charge in [-0.1, -0.05) is 17.4 Å². The van der Waals surface area contributed by atoms with Crippen LogP contribution in [0.25, 0.3) is 0 Å². The van der Waals surface area contributed by atoms with Crippen LogP contribution in [0.3, 0.4) is 0 Å². The summed E-state index contributed by atoms with van der Waals surface area (Å²) in [6, 6.07) is 5.99. The highest BCUT2D eigenvalue weighted by molar-refractivity contribution is 7.15. The van der Waals surface area contributed by atoms with E-state index in [1.165, 1.54) is 11.3 Å². The van der Waals surface area contributed by atoms with Gasteiger partial charge in [-0.2, -0.15) is 0 Å². The molecule has 2 aromatic rings. The fourth-order valence-electron chi connectivity index (χ4n) is 2.93. The molecular weight excluding hydrogens is 340 g/mol. The molecule has 1 aliphatic heterocycles. The molecule has 0 aliphatic carbocycles. The van der Waals surface area contributed by atoms with Gasteiger partial charge in [-0.05, 0) is 37.1 Å². The van der Waals surface area contributed by atoms with Crippen LogP contribution in [0.15, 0.2) is 18.2 Å². The number of amides is 2. The Balaban J connectivity index is 1.67. The van der Waals surface area contributed by atoms with Crippen molar-refractivity contribution in [3.05, 3.63) is 34.3 Å². The lowest BCUT2D eigenvalue weighted by Gasteiger charge is -2.18. The van der Waals surface area contributed by atoms with E-state index in [2.05, 4.69) is 21.6 Å². The van der Waals surface area contributed by atoms with Gasteiger partial charge in [0, 0.05) is 25.8 Å². The highest BCUT2D eigenvalue weighted by atomic mass is 32.1. The molecule has 1 fully saturated rings. The second-order valence-electron chi connectivity index (χ2n) is 6.17. The molecule has 8 heteroatoms. The number of carbonyl (C=O) groups excluding carboxylic acids is 2. The zero-order chi connectivity index (χ0) is 18.0. The van der Waals surface area contributed by atoms with Crippen LogP contribution >= 0.6 is 11.3 Å². The van der Waals surface area contributed by atoms with Crippen molar-refractivity contribution in [3.8, 4) is 0 Å². The third-order valence-corrected chi connectivity index (χ3v) is 4.79. The van der Waals surface area contributed by atoms with Gasteiger partial charge in [-0.3, -0.25) is 9.59 Å². The summed E-state index contributed by atoms with van der Waals surface area (Å²) in [4.78, 5) is 26.5. The molecule has 7 nitrogen and oxygen atoms in total. The zero-order valence-electron chi connectivity index (χ0n) is 14.4. The van der Waals surface area contributed by atoms with Crippen LogP contribution in [0.1, 0.15) is 22.6 Å². The van der Waals surface area contributed by atoms with Crippen molar-refractivity contribution in [2.75, 3.05) is 23.9 Å². The zero-order valence-corrected chi connectivity index (χ0v) is 15.2. The smallest absolute Gasteiger partial charge is 0.231 e. The summed E-state index contributed by atoms with van der Waals surface area (Å²) in [5.74, 6) is -0.647. The lowest BCUT2D eigenvalue weighted by molar-refractivity contribution is -0.122. The lowest BCUT2D eigenvalue weighted by atomic mass is 10.1. The molecule has 1 saturated heterocycles. The van der Waals surface area contributed by atoms with E-state index in [1.54, 1.807) is 12.0 Å². The summed E-state index contributed by atoms with van der Waals surface area (Å²) in [5, 5.41) is 11.7. The highest BCUT2D eigenvalue weighted by Gasteiger charge is 2.35. The first-order chi connectivity index (χ1) is 12.0. The van der Waals surface area contributed by atoms with Crippen LogP contribution in [0.5, 0.6) is 0 Å². The van der Waals surface area contributed by atoms with Crippen LogP contribution in [-0.2, 0) is 20.9 Å². The topological polar surface area (TPSA) is 84.4 Å². The largest absolute Gasteiger partial charge is 0.377 e. The molecule has 1 N–H and O–H groups in total. The van der Waals surface area contributed by atoms with Gasteiger partial charge < -0.3 is 15.0 Å². The first-order valence-electron chi connectivity index (χ1n) is 7.97. The third kappa shape index (κ3) is 4.02. The Hall–Kier alpha value is -2.32.